The normalized spacial score (nSPS) is 17.5. The van der Waals surface area contributed by atoms with E-state index in [9.17, 15) is 14.7 Å². The van der Waals surface area contributed by atoms with Crippen LogP contribution in [-0.4, -0.2) is 34.7 Å². The number of carboxylic acids is 1. The van der Waals surface area contributed by atoms with Crippen LogP contribution >= 0.6 is 11.3 Å². The number of hydrogen-bond donors (Lipinski definition) is 2. The van der Waals surface area contributed by atoms with Gasteiger partial charge in [-0.1, -0.05) is 38.3 Å². The van der Waals surface area contributed by atoms with Gasteiger partial charge in [0.2, 0.25) is 5.91 Å². The molecule has 3 rings (SSSR count). The zero-order valence-corrected chi connectivity index (χ0v) is 18.1. The highest BCUT2D eigenvalue weighted by Gasteiger charge is 2.32. The number of aromatic carboxylic acids is 1. The first-order valence-corrected chi connectivity index (χ1v) is 11.3. The third-order valence-electron chi connectivity index (χ3n) is 5.39. The number of anilines is 1. The predicted octanol–water partition coefficient (Wildman–Crippen LogP) is 4.77. The van der Waals surface area contributed by atoms with E-state index >= 15 is 0 Å². The standard InChI is InChI=1S/C23H29NO5S/c1-2-3-4-5-20(25)16-6-8-17(9-7-16)24-18(10-13-22(24)26)14-29-15-19-11-12-21(30-19)23(27)28/h6-9,11-12,18,20,25H,2-5,10,13-15H2,1H3,(H,27,28)/t18-,20-/m1/s1. The van der Waals surface area contributed by atoms with Crippen molar-refractivity contribution in [1.29, 1.82) is 0 Å². The number of aliphatic hydroxyl groups excluding tert-OH is 1. The minimum Gasteiger partial charge on any atom is -0.477 e. The minimum atomic E-state index is -0.933. The summed E-state index contributed by atoms with van der Waals surface area (Å²) in [6.45, 7) is 2.87. The lowest BCUT2D eigenvalue weighted by atomic mass is 10.0. The molecule has 1 saturated heterocycles. The van der Waals surface area contributed by atoms with Crippen LogP contribution in [0.25, 0.3) is 0 Å². The molecule has 0 radical (unpaired) electrons. The molecule has 0 spiro atoms. The summed E-state index contributed by atoms with van der Waals surface area (Å²) in [6.07, 6.45) is 4.73. The number of amides is 1. The number of ether oxygens (including phenoxy) is 1. The fourth-order valence-electron chi connectivity index (χ4n) is 3.73. The molecule has 1 fully saturated rings. The van der Waals surface area contributed by atoms with Gasteiger partial charge in [0.1, 0.15) is 4.88 Å². The van der Waals surface area contributed by atoms with Crippen LogP contribution in [0.5, 0.6) is 0 Å². The monoisotopic (exact) mass is 431 g/mol. The second kappa shape index (κ2) is 10.7. The van der Waals surface area contributed by atoms with Crippen LogP contribution in [0, 0.1) is 0 Å². The van der Waals surface area contributed by atoms with Crippen LogP contribution in [0.2, 0.25) is 0 Å². The highest BCUT2D eigenvalue weighted by atomic mass is 32.1. The lowest BCUT2D eigenvalue weighted by molar-refractivity contribution is -0.117. The average molecular weight is 432 g/mol. The molecule has 30 heavy (non-hydrogen) atoms. The molecular formula is C23H29NO5S. The number of carbonyl (C=O) groups is 2. The third-order valence-corrected chi connectivity index (χ3v) is 6.44. The molecule has 0 aliphatic carbocycles. The van der Waals surface area contributed by atoms with Crippen molar-refractivity contribution in [2.24, 2.45) is 0 Å². The van der Waals surface area contributed by atoms with E-state index in [0.29, 0.717) is 24.5 Å². The topological polar surface area (TPSA) is 87.1 Å². The maximum atomic E-state index is 12.4. The molecule has 1 aromatic heterocycles. The zero-order valence-electron chi connectivity index (χ0n) is 17.3. The Morgan fingerprint density at radius 3 is 2.67 bits per heavy atom. The molecule has 1 aliphatic rings. The van der Waals surface area contributed by atoms with E-state index in [1.54, 1.807) is 17.0 Å². The number of unbranched alkanes of at least 4 members (excludes halogenated alkanes) is 2. The van der Waals surface area contributed by atoms with E-state index in [1.807, 2.05) is 24.3 Å². The summed E-state index contributed by atoms with van der Waals surface area (Å²) in [5.74, 6) is -0.859. The number of benzene rings is 1. The molecule has 2 N–H and O–H groups in total. The summed E-state index contributed by atoms with van der Waals surface area (Å²) in [7, 11) is 0. The molecule has 2 heterocycles. The quantitative estimate of drug-likeness (QED) is 0.500. The van der Waals surface area contributed by atoms with Crippen molar-refractivity contribution < 1.29 is 24.5 Å². The van der Waals surface area contributed by atoms with Crippen molar-refractivity contribution in [3.63, 3.8) is 0 Å². The number of carbonyl (C=O) groups excluding carboxylic acids is 1. The van der Waals surface area contributed by atoms with E-state index in [1.165, 1.54) is 11.3 Å². The summed E-state index contributed by atoms with van der Waals surface area (Å²) < 4.78 is 5.80. The van der Waals surface area contributed by atoms with E-state index in [4.69, 9.17) is 9.84 Å². The fourth-order valence-corrected chi connectivity index (χ4v) is 4.52. The average Bonchev–Trinajstić information content (AvgIpc) is 3.35. The molecule has 162 valence electrons. The first-order chi connectivity index (χ1) is 14.5. The van der Waals surface area contributed by atoms with Crippen LogP contribution in [0.15, 0.2) is 36.4 Å². The molecule has 2 atom stereocenters. The van der Waals surface area contributed by atoms with Crippen molar-refractivity contribution >= 4 is 28.9 Å². The van der Waals surface area contributed by atoms with Crippen molar-refractivity contribution in [2.75, 3.05) is 11.5 Å². The lowest BCUT2D eigenvalue weighted by Crippen LogP contribution is -2.36. The zero-order chi connectivity index (χ0) is 21.5. The molecule has 7 heteroatoms. The Labute approximate surface area is 181 Å². The summed E-state index contributed by atoms with van der Waals surface area (Å²) >= 11 is 1.20. The van der Waals surface area contributed by atoms with Gasteiger partial charge in [0.25, 0.3) is 0 Å². The number of aliphatic hydroxyl groups is 1. The Bertz CT molecular complexity index is 848. The maximum absolute atomic E-state index is 12.4. The summed E-state index contributed by atoms with van der Waals surface area (Å²) in [4.78, 5) is 26.4. The molecule has 1 aliphatic heterocycles. The molecule has 1 aromatic carbocycles. The van der Waals surface area contributed by atoms with Gasteiger partial charge in [-0.3, -0.25) is 4.79 Å². The first kappa shape index (κ1) is 22.5. The van der Waals surface area contributed by atoms with E-state index < -0.39 is 12.1 Å². The number of thiophene rings is 1. The van der Waals surface area contributed by atoms with Gasteiger partial charge in [-0.2, -0.15) is 0 Å². The van der Waals surface area contributed by atoms with Gasteiger partial charge >= 0.3 is 5.97 Å². The van der Waals surface area contributed by atoms with Crippen LogP contribution in [-0.2, 0) is 16.1 Å². The molecule has 0 saturated carbocycles. The van der Waals surface area contributed by atoms with Crippen LogP contribution in [0.4, 0.5) is 5.69 Å². The molecule has 2 aromatic rings. The highest BCUT2D eigenvalue weighted by molar-refractivity contribution is 7.13. The second-order valence-corrected chi connectivity index (χ2v) is 8.81. The number of nitrogens with zero attached hydrogens (tertiary/aromatic N) is 1. The second-order valence-electron chi connectivity index (χ2n) is 7.65. The van der Waals surface area contributed by atoms with Gasteiger partial charge in [0.05, 0.1) is 25.4 Å². The summed E-state index contributed by atoms with van der Waals surface area (Å²) in [6, 6.07) is 10.9. The van der Waals surface area contributed by atoms with Gasteiger partial charge in [-0.25, -0.2) is 4.79 Å². The molecule has 6 nitrogen and oxygen atoms in total. The molecule has 0 unspecified atom stereocenters. The smallest absolute Gasteiger partial charge is 0.345 e. The van der Waals surface area contributed by atoms with E-state index in [2.05, 4.69) is 6.92 Å². The van der Waals surface area contributed by atoms with Crippen LogP contribution in [0.3, 0.4) is 0 Å². The van der Waals surface area contributed by atoms with Gasteiger partial charge in [0.15, 0.2) is 0 Å². The van der Waals surface area contributed by atoms with Gasteiger partial charge in [0, 0.05) is 17.0 Å². The van der Waals surface area contributed by atoms with Crippen molar-refractivity contribution in [1.82, 2.24) is 0 Å². The van der Waals surface area contributed by atoms with Crippen molar-refractivity contribution in [3.8, 4) is 0 Å². The number of hydrogen-bond acceptors (Lipinski definition) is 5. The Kier molecular flexibility index (Phi) is 8.01. The van der Waals surface area contributed by atoms with Crippen molar-refractivity contribution in [2.45, 2.75) is 64.2 Å². The Morgan fingerprint density at radius 1 is 1.23 bits per heavy atom. The molecule has 0 bridgehead atoms. The number of carboxylic acid groups (broad SMARTS) is 1. The van der Waals surface area contributed by atoms with Crippen LogP contribution < -0.4 is 4.90 Å². The fraction of sp³-hybridized carbons (Fsp3) is 0.478. The van der Waals surface area contributed by atoms with Gasteiger partial charge < -0.3 is 19.8 Å². The molecular weight excluding hydrogens is 402 g/mol. The minimum absolute atomic E-state index is 0.0447. The van der Waals surface area contributed by atoms with E-state index in [0.717, 1.165) is 48.2 Å². The van der Waals surface area contributed by atoms with Crippen molar-refractivity contribution in [3.05, 3.63) is 51.7 Å². The highest BCUT2D eigenvalue weighted by Crippen LogP contribution is 2.29. The Morgan fingerprint density at radius 2 is 2.00 bits per heavy atom. The predicted molar refractivity (Wildman–Crippen MR) is 117 cm³/mol. The SMILES string of the molecule is CCCCC[C@@H](O)c1ccc(N2C(=O)CC[C@@H]2COCc2ccc(C(=O)O)s2)cc1. The third kappa shape index (κ3) is 5.68. The van der Waals surface area contributed by atoms with Gasteiger partial charge in [-0.15, -0.1) is 11.3 Å². The first-order valence-electron chi connectivity index (χ1n) is 10.5. The molecule has 1 amide bonds. The Hall–Kier alpha value is -2.22. The van der Waals surface area contributed by atoms with Crippen LogP contribution in [0.1, 0.15) is 71.7 Å². The van der Waals surface area contributed by atoms with E-state index in [-0.39, 0.29) is 11.9 Å². The Balaban J connectivity index is 1.56. The maximum Gasteiger partial charge on any atom is 0.345 e. The summed E-state index contributed by atoms with van der Waals surface area (Å²) in [5, 5.41) is 19.3. The van der Waals surface area contributed by atoms with Gasteiger partial charge in [-0.05, 0) is 42.7 Å². The number of rotatable bonds is 11. The largest absolute Gasteiger partial charge is 0.477 e. The lowest BCUT2D eigenvalue weighted by Gasteiger charge is -2.25. The summed E-state index contributed by atoms with van der Waals surface area (Å²) in [5.41, 5.74) is 1.70.